The van der Waals surface area contributed by atoms with E-state index in [0.717, 1.165) is 5.56 Å². The van der Waals surface area contributed by atoms with E-state index >= 15 is 0 Å². The van der Waals surface area contributed by atoms with Crippen LogP contribution in [-0.4, -0.2) is 27.0 Å². The predicted molar refractivity (Wildman–Crippen MR) is 79.3 cm³/mol. The van der Waals surface area contributed by atoms with Crippen LogP contribution in [0.1, 0.15) is 17.3 Å². The smallest absolute Gasteiger partial charge is 0.272 e. The third-order valence-corrected chi connectivity index (χ3v) is 3.17. The van der Waals surface area contributed by atoms with Crippen LogP contribution in [0.4, 0.5) is 0 Å². The minimum absolute atomic E-state index is 0.256. The fourth-order valence-corrected chi connectivity index (χ4v) is 2.25. The monoisotopic (exact) mass is 282 g/mol. The Morgan fingerprint density at radius 2 is 2.05 bits per heavy atom. The molecular weight excluding hydrogens is 268 g/mol. The van der Waals surface area contributed by atoms with Crippen LogP contribution in [0, 0.1) is 0 Å². The summed E-state index contributed by atoms with van der Waals surface area (Å²) in [6.45, 7) is 2.34. The topological polar surface area (TPSA) is 79.3 Å². The van der Waals surface area contributed by atoms with Gasteiger partial charge in [-0.05, 0) is 6.92 Å². The van der Waals surface area contributed by atoms with Gasteiger partial charge in [0.1, 0.15) is 5.56 Å². The van der Waals surface area contributed by atoms with Gasteiger partial charge in [-0.2, -0.15) is 0 Å². The molecule has 0 saturated heterocycles. The summed E-state index contributed by atoms with van der Waals surface area (Å²) in [4.78, 5) is 28.4. The molecule has 2 N–H and O–H groups in total. The van der Waals surface area contributed by atoms with Gasteiger partial charge in [-0.1, -0.05) is 30.3 Å². The van der Waals surface area contributed by atoms with Gasteiger partial charge in [0.25, 0.3) is 11.5 Å². The first kappa shape index (κ1) is 13.1. The fraction of sp³-hybridized carbons (Fsp3) is 0.133. The molecule has 3 rings (SSSR count). The van der Waals surface area contributed by atoms with Gasteiger partial charge in [0.15, 0.2) is 5.65 Å². The number of nitrogens with zero attached hydrogens (tertiary/aromatic N) is 2. The minimum atomic E-state index is -0.257. The summed E-state index contributed by atoms with van der Waals surface area (Å²) in [5.74, 6) is -0.256. The zero-order valence-electron chi connectivity index (χ0n) is 11.5. The standard InChI is InChI=1S/C15H14N4O2/c1-2-16-15(21)12-13(10-6-4-3-5-7-10)18-19-11(20)8-9-17-14(12)19/h3-9,18H,2H2,1H3,(H,16,21). The van der Waals surface area contributed by atoms with E-state index in [9.17, 15) is 9.59 Å². The molecule has 1 amide bonds. The van der Waals surface area contributed by atoms with Gasteiger partial charge >= 0.3 is 0 Å². The Balaban J connectivity index is 2.33. The first-order valence-electron chi connectivity index (χ1n) is 6.65. The van der Waals surface area contributed by atoms with Gasteiger partial charge in [0, 0.05) is 24.4 Å². The van der Waals surface area contributed by atoms with Crippen molar-refractivity contribution in [3.8, 4) is 11.3 Å². The summed E-state index contributed by atoms with van der Waals surface area (Å²) in [5.41, 5.74) is 1.85. The van der Waals surface area contributed by atoms with Crippen LogP contribution in [0.15, 0.2) is 47.4 Å². The number of aromatic nitrogens is 3. The number of nitrogens with one attached hydrogen (secondary N) is 2. The van der Waals surface area contributed by atoms with E-state index in [4.69, 9.17) is 0 Å². The lowest BCUT2D eigenvalue weighted by atomic mass is 10.1. The van der Waals surface area contributed by atoms with E-state index in [1.807, 2.05) is 37.3 Å². The average Bonchev–Trinajstić information content (AvgIpc) is 2.89. The molecule has 0 aliphatic heterocycles. The van der Waals surface area contributed by atoms with Crippen molar-refractivity contribution in [3.63, 3.8) is 0 Å². The van der Waals surface area contributed by atoms with E-state index in [-0.39, 0.29) is 11.5 Å². The SMILES string of the molecule is CCNC(=O)c1c(-c2ccccc2)[nH]n2c(=O)ccnc12. The zero-order chi connectivity index (χ0) is 14.8. The lowest BCUT2D eigenvalue weighted by Crippen LogP contribution is -2.23. The molecule has 0 radical (unpaired) electrons. The second-order valence-electron chi connectivity index (χ2n) is 4.53. The van der Waals surface area contributed by atoms with Crippen LogP contribution in [0.2, 0.25) is 0 Å². The zero-order valence-corrected chi connectivity index (χ0v) is 11.5. The van der Waals surface area contributed by atoms with E-state index in [0.29, 0.717) is 23.4 Å². The van der Waals surface area contributed by atoms with Crippen LogP contribution < -0.4 is 10.9 Å². The quantitative estimate of drug-likeness (QED) is 0.763. The van der Waals surface area contributed by atoms with Crippen LogP contribution in [0.5, 0.6) is 0 Å². The molecule has 0 aliphatic rings. The minimum Gasteiger partial charge on any atom is -0.352 e. The maximum atomic E-state index is 12.3. The number of amides is 1. The molecule has 0 bridgehead atoms. The van der Waals surface area contributed by atoms with Crippen molar-refractivity contribution in [1.29, 1.82) is 0 Å². The number of fused-ring (bicyclic) bond motifs is 1. The highest BCUT2D eigenvalue weighted by Gasteiger charge is 2.21. The molecule has 106 valence electrons. The van der Waals surface area contributed by atoms with Crippen molar-refractivity contribution in [2.45, 2.75) is 6.92 Å². The van der Waals surface area contributed by atoms with Crippen LogP contribution in [0.3, 0.4) is 0 Å². The normalized spacial score (nSPS) is 10.7. The molecule has 6 nitrogen and oxygen atoms in total. The Hall–Kier alpha value is -2.89. The van der Waals surface area contributed by atoms with Crippen LogP contribution >= 0.6 is 0 Å². The van der Waals surface area contributed by atoms with Crippen LogP contribution in [0.25, 0.3) is 16.9 Å². The molecule has 0 unspecified atom stereocenters. The Morgan fingerprint density at radius 3 is 2.76 bits per heavy atom. The lowest BCUT2D eigenvalue weighted by molar-refractivity contribution is 0.0958. The summed E-state index contributed by atoms with van der Waals surface area (Å²) < 4.78 is 1.28. The number of aromatic amines is 1. The van der Waals surface area contributed by atoms with Gasteiger partial charge in [0.2, 0.25) is 0 Å². The first-order chi connectivity index (χ1) is 10.2. The van der Waals surface area contributed by atoms with E-state index in [1.165, 1.54) is 16.8 Å². The van der Waals surface area contributed by atoms with Crippen molar-refractivity contribution >= 4 is 11.6 Å². The molecule has 1 aromatic carbocycles. The molecule has 0 aliphatic carbocycles. The second kappa shape index (κ2) is 5.24. The molecule has 2 heterocycles. The first-order valence-corrected chi connectivity index (χ1v) is 6.65. The highest BCUT2D eigenvalue weighted by Crippen LogP contribution is 2.24. The van der Waals surface area contributed by atoms with Crippen molar-refractivity contribution in [2.75, 3.05) is 6.54 Å². The molecule has 0 spiro atoms. The van der Waals surface area contributed by atoms with Crippen molar-refractivity contribution < 1.29 is 4.79 Å². The Bertz CT molecular complexity index is 849. The summed E-state index contributed by atoms with van der Waals surface area (Å²) in [7, 11) is 0. The molecule has 0 fully saturated rings. The number of hydrogen-bond donors (Lipinski definition) is 2. The van der Waals surface area contributed by atoms with Gasteiger partial charge in [-0.25, -0.2) is 9.50 Å². The van der Waals surface area contributed by atoms with E-state index in [1.54, 1.807) is 0 Å². The molecule has 21 heavy (non-hydrogen) atoms. The highest BCUT2D eigenvalue weighted by molar-refractivity contribution is 6.05. The van der Waals surface area contributed by atoms with E-state index in [2.05, 4.69) is 15.4 Å². The molecule has 0 saturated carbocycles. The number of hydrogen-bond acceptors (Lipinski definition) is 3. The van der Waals surface area contributed by atoms with E-state index < -0.39 is 0 Å². The predicted octanol–water partition coefficient (Wildman–Crippen LogP) is 1.44. The number of carbonyl (C=O) groups is 1. The molecule has 6 heteroatoms. The van der Waals surface area contributed by atoms with Crippen molar-refractivity contribution in [3.05, 3.63) is 58.5 Å². The lowest BCUT2D eigenvalue weighted by Gasteiger charge is -2.03. The number of benzene rings is 1. The average molecular weight is 282 g/mol. The van der Waals surface area contributed by atoms with Gasteiger partial charge < -0.3 is 5.32 Å². The third kappa shape index (κ3) is 2.20. The van der Waals surface area contributed by atoms with Crippen LogP contribution in [-0.2, 0) is 0 Å². The number of H-pyrrole nitrogens is 1. The summed E-state index contributed by atoms with van der Waals surface area (Å²) >= 11 is 0. The second-order valence-corrected chi connectivity index (χ2v) is 4.53. The van der Waals surface area contributed by atoms with Gasteiger partial charge in [0.05, 0.1) is 5.69 Å². The maximum Gasteiger partial charge on any atom is 0.272 e. The van der Waals surface area contributed by atoms with Crippen molar-refractivity contribution in [1.82, 2.24) is 19.9 Å². The Morgan fingerprint density at radius 1 is 1.29 bits per heavy atom. The highest BCUT2D eigenvalue weighted by atomic mass is 16.2. The van der Waals surface area contributed by atoms with Gasteiger partial charge in [-0.15, -0.1) is 0 Å². The van der Waals surface area contributed by atoms with Crippen molar-refractivity contribution in [2.24, 2.45) is 0 Å². The van der Waals surface area contributed by atoms with Gasteiger partial charge in [-0.3, -0.25) is 14.7 Å². The fourth-order valence-electron chi connectivity index (χ4n) is 2.25. The third-order valence-electron chi connectivity index (χ3n) is 3.17. The molecule has 2 aromatic heterocycles. The largest absolute Gasteiger partial charge is 0.352 e. The molecule has 0 atom stereocenters. The summed E-state index contributed by atoms with van der Waals surface area (Å²) in [6, 6.07) is 10.7. The summed E-state index contributed by atoms with van der Waals surface area (Å²) in [6.07, 6.45) is 1.41. The maximum absolute atomic E-state index is 12.3. The molecular formula is C15H14N4O2. The Labute approximate surface area is 120 Å². The Kier molecular flexibility index (Phi) is 3.27. The summed E-state index contributed by atoms with van der Waals surface area (Å²) in [5, 5.41) is 5.72. The molecule has 3 aromatic rings. The number of carbonyl (C=O) groups excluding carboxylic acids is 1. The number of rotatable bonds is 3.